The monoisotopic (exact) mass is 568 g/mol. The van der Waals surface area contributed by atoms with Crippen LogP contribution in [0.3, 0.4) is 0 Å². The number of aryl methyl sites for hydroxylation is 1. The standard InChI is InChI=1S/C34H32O8/c1-39-30-20-24(21-31(40-2)33(30)41-3)32(36)27(28(35)18-15-22-9-5-4-6-10-22)19-23-13-16-25(17-14-23)42-29-12-8-7-11-26(29)34(37)38/h4-14,16-17,20-21,27H,15,18-19H2,1-3H3,(H,37,38). The maximum Gasteiger partial charge on any atom is 0.339 e. The van der Waals surface area contributed by atoms with Gasteiger partial charge in [0, 0.05) is 12.0 Å². The van der Waals surface area contributed by atoms with Crippen LogP contribution in [0.5, 0.6) is 28.7 Å². The number of ketones is 2. The van der Waals surface area contributed by atoms with E-state index in [1.54, 1.807) is 54.6 Å². The van der Waals surface area contributed by atoms with Crippen LogP contribution in [0.25, 0.3) is 0 Å². The highest BCUT2D eigenvalue weighted by Crippen LogP contribution is 2.39. The molecule has 0 spiro atoms. The Hall–Kier alpha value is -5.11. The molecule has 0 aliphatic carbocycles. The van der Waals surface area contributed by atoms with E-state index in [1.165, 1.54) is 27.4 Å². The maximum atomic E-state index is 13.9. The Labute approximate surface area is 244 Å². The quantitative estimate of drug-likeness (QED) is 0.137. The first-order valence-corrected chi connectivity index (χ1v) is 13.3. The SMILES string of the molecule is COc1cc(C(=O)C(Cc2ccc(Oc3ccccc3C(=O)O)cc2)C(=O)CCc2ccccc2)cc(OC)c1OC. The third-order valence-electron chi connectivity index (χ3n) is 6.87. The van der Waals surface area contributed by atoms with Crippen LogP contribution in [0.2, 0.25) is 0 Å². The van der Waals surface area contributed by atoms with Gasteiger partial charge in [-0.2, -0.15) is 0 Å². The molecule has 0 aliphatic heterocycles. The molecule has 0 saturated carbocycles. The van der Waals surface area contributed by atoms with E-state index >= 15 is 0 Å². The summed E-state index contributed by atoms with van der Waals surface area (Å²) in [6, 6.07) is 26.0. The Morgan fingerprint density at radius 1 is 0.714 bits per heavy atom. The number of aromatic carboxylic acids is 1. The van der Waals surface area contributed by atoms with Crippen molar-refractivity contribution < 1.29 is 38.4 Å². The number of hydrogen-bond donors (Lipinski definition) is 1. The second-order valence-electron chi connectivity index (χ2n) is 9.53. The summed E-state index contributed by atoms with van der Waals surface area (Å²) in [4.78, 5) is 39.0. The molecule has 8 nitrogen and oxygen atoms in total. The minimum atomic E-state index is -1.09. The van der Waals surface area contributed by atoms with Crippen molar-refractivity contribution in [2.45, 2.75) is 19.3 Å². The molecule has 0 radical (unpaired) electrons. The number of carboxylic acid groups (broad SMARTS) is 1. The normalized spacial score (nSPS) is 11.3. The Bertz CT molecular complexity index is 1520. The van der Waals surface area contributed by atoms with Crippen molar-refractivity contribution in [3.05, 3.63) is 113 Å². The first kappa shape index (κ1) is 29.9. The zero-order valence-electron chi connectivity index (χ0n) is 23.7. The number of ether oxygens (including phenoxy) is 4. The molecule has 0 fully saturated rings. The fourth-order valence-corrected chi connectivity index (χ4v) is 4.65. The van der Waals surface area contributed by atoms with E-state index in [-0.39, 0.29) is 41.3 Å². The van der Waals surface area contributed by atoms with Gasteiger partial charge < -0.3 is 24.1 Å². The third-order valence-corrected chi connectivity index (χ3v) is 6.87. The largest absolute Gasteiger partial charge is 0.493 e. The van der Waals surface area contributed by atoms with Crippen LogP contribution in [-0.2, 0) is 17.6 Å². The van der Waals surface area contributed by atoms with Crippen molar-refractivity contribution in [1.29, 1.82) is 0 Å². The Balaban J connectivity index is 1.60. The van der Waals surface area contributed by atoms with Crippen molar-refractivity contribution in [3.63, 3.8) is 0 Å². The number of carboxylic acids is 1. The fourth-order valence-electron chi connectivity index (χ4n) is 4.65. The molecule has 8 heteroatoms. The van der Waals surface area contributed by atoms with E-state index in [0.717, 1.165) is 11.1 Å². The maximum absolute atomic E-state index is 13.9. The lowest BCUT2D eigenvalue weighted by Crippen LogP contribution is -2.27. The minimum Gasteiger partial charge on any atom is -0.493 e. The molecule has 1 unspecified atom stereocenters. The van der Waals surface area contributed by atoms with Gasteiger partial charge in [-0.15, -0.1) is 0 Å². The van der Waals surface area contributed by atoms with Gasteiger partial charge in [-0.05, 0) is 60.4 Å². The first-order valence-electron chi connectivity index (χ1n) is 13.3. The van der Waals surface area contributed by atoms with Gasteiger partial charge in [0.25, 0.3) is 0 Å². The molecule has 216 valence electrons. The number of rotatable bonds is 14. The average Bonchev–Trinajstić information content (AvgIpc) is 3.02. The topological polar surface area (TPSA) is 108 Å². The summed E-state index contributed by atoms with van der Waals surface area (Å²) in [5.41, 5.74) is 2.06. The zero-order chi connectivity index (χ0) is 30.1. The van der Waals surface area contributed by atoms with Gasteiger partial charge in [-0.3, -0.25) is 9.59 Å². The highest BCUT2D eigenvalue weighted by atomic mass is 16.5. The highest BCUT2D eigenvalue weighted by molar-refractivity contribution is 6.11. The van der Waals surface area contributed by atoms with Gasteiger partial charge in [0.05, 0.1) is 27.2 Å². The molecule has 0 heterocycles. The Kier molecular flexibility index (Phi) is 9.94. The molecule has 1 N–H and O–H groups in total. The fraction of sp³-hybridized carbons (Fsp3) is 0.206. The number of para-hydroxylation sites is 1. The zero-order valence-corrected chi connectivity index (χ0v) is 23.7. The molecule has 0 amide bonds. The van der Waals surface area contributed by atoms with Crippen LogP contribution in [0, 0.1) is 5.92 Å². The van der Waals surface area contributed by atoms with Crippen molar-refractivity contribution in [2.75, 3.05) is 21.3 Å². The molecule has 1 atom stereocenters. The summed E-state index contributed by atoms with van der Waals surface area (Å²) in [6.45, 7) is 0. The lowest BCUT2D eigenvalue weighted by atomic mass is 9.85. The number of carbonyl (C=O) groups is 3. The smallest absolute Gasteiger partial charge is 0.339 e. The lowest BCUT2D eigenvalue weighted by molar-refractivity contribution is -0.121. The minimum absolute atomic E-state index is 0.0431. The molecular formula is C34H32O8. The van der Waals surface area contributed by atoms with Crippen molar-refractivity contribution >= 4 is 17.5 Å². The molecule has 0 aromatic heterocycles. The van der Waals surface area contributed by atoms with E-state index in [4.69, 9.17) is 18.9 Å². The van der Waals surface area contributed by atoms with Gasteiger partial charge in [0.15, 0.2) is 17.3 Å². The third kappa shape index (κ3) is 7.14. The summed E-state index contributed by atoms with van der Waals surface area (Å²) in [5, 5.41) is 9.43. The van der Waals surface area contributed by atoms with E-state index < -0.39 is 11.9 Å². The van der Waals surface area contributed by atoms with Gasteiger partial charge in [-0.25, -0.2) is 4.79 Å². The van der Waals surface area contributed by atoms with Crippen LogP contribution in [0.15, 0.2) is 91.0 Å². The van der Waals surface area contributed by atoms with Crippen LogP contribution in [0.1, 0.15) is 38.3 Å². The summed E-state index contributed by atoms with van der Waals surface area (Å²) in [7, 11) is 4.41. The van der Waals surface area contributed by atoms with E-state index in [9.17, 15) is 19.5 Å². The van der Waals surface area contributed by atoms with Crippen LogP contribution in [-0.4, -0.2) is 44.0 Å². The molecule has 42 heavy (non-hydrogen) atoms. The molecule has 0 saturated heterocycles. The summed E-state index contributed by atoms with van der Waals surface area (Å²) < 4.78 is 22.0. The molecule has 0 aliphatic rings. The molecule has 0 bridgehead atoms. The number of benzene rings is 4. The first-order chi connectivity index (χ1) is 20.3. The number of carbonyl (C=O) groups excluding carboxylic acids is 2. The Morgan fingerprint density at radius 2 is 1.33 bits per heavy atom. The Morgan fingerprint density at radius 3 is 1.93 bits per heavy atom. The van der Waals surface area contributed by atoms with Crippen molar-refractivity contribution in [2.24, 2.45) is 5.92 Å². The van der Waals surface area contributed by atoms with Crippen molar-refractivity contribution in [1.82, 2.24) is 0 Å². The second-order valence-corrected chi connectivity index (χ2v) is 9.53. The van der Waals surface area contributed by atoms with Gasteiger partial charge in [0.2, 0.25) is 5.75 Å². The van der Waals surface area contributed by atoms with Crippen LogP contribution in [0.4, 0.5) is 0 Å². The van der Waals surface area contributed by atoms with Gasteiger partial charge in [-0.1, -0.05) is 54.6 Å². The second kappa shape index (κ2) is 14.0. The van der Waals surface area contributed by atoms with Crippen LogP contribution >= 0.6 is 0 Å². The number of methoxy groups -OCH3 is 3. The van der Waals surface area contributed by atoms with Crippen LogP contribution < -0.4 is 18.9 Å². The van der Waals surface area contributed by atoms with Gasteiger partial charge >= 0.3 is 5.97 Å². The molecular weight excluding hydrogens is 536 g/mol. The molecule has 4 aromatic rings. The van der Waals surface area contributed by atoms with Gasteiger partial charge in [0.1, 0.15) is 22.8 Å². The van der Waals surface area contributed by atoms with E-state index in [0.29, 0.717) is 29.4 Å². The van der Waals surface area contributed by atoms with Crippen molar-refractivity contribution in [3.8, 4) is 28.7 Å². The highest BCUT2D eigenvalue weighted by Gasteiger charge is 2.29. The van der Waals surface area contributed by atoms with E-state index in [2.05, 4.69) is 0 Å². The number of hydrogen-bond acceptors (Lipinski definition) is 7. The summed E-state index contributed by atoms with van der Waals surface area (Å²) in [6.07, 6.45) is 0.863. The molecule has 4 rings (SSSR count). The predicted octanol–water partition coefficient (Wildman–Crippen LogP) is 6.45. The summed E-state index contributed by atoms with van der Waals surface area (Å²) in [5.74, 6) is -0.974. The predicted molar refractivity (Wildman–Crippen MR) is 157 cm³/mol. The van der Waals surface area contributed by atoms with E-state index in [1.807, 2.05) is 30.3 Å². The molecule has 4 aromatic carbocycles. The average molecular weight is 569 g/mol. The summed E-state index contributed by atoms with van der Waals surface area (Å²) >= 11 is 0. The number of Topliss-reactive ketones (excluding diaryl/α,β-unsaturated/α-hetero) is 2. The lowest BCUT2D eigenvalue weighted by Gasteiger charge is -2.18.